The van der Waals surface area contributed by atoms with Crippen LogP contribution >= 0.6 is 0 Å². The molecule has 2 aromatic rings. The quantitative estimate of drug-likeness (QED) is 0.531. The second-order valence-electron chi connectivity index (χ2n) is 9.66. The summed E-state index contributed by atoms with van der Waals surface area (Å²) in [5.74, 6) is 0.781. The van der Waals surface area contributed by atoms with Gasteiger partial charge in [0, 0.05) is 19.1 Å². The fourth-order valence-electron chi connectivity index (χ4n) is 5.13. The first-order valence-electron chi connectivity index (χ1n) is 12.1. The summed E-state index contributed by atoms with van der Waals surface area (Å²) in [4.78, 5) is 0.134. The standard InChI is InChI=1S/C25H35N3O4S2/c1-19(16-20-8-4-3-5-9-20)26-18-22-10-6-7-11-24(22)27-34(31,32)23-12-13-25-21(17-23)14-15-28(25)33(2,29)30/h6-7,10-13,17,19-20,26-27H,3-5,8-9,14-16,18H2,1-2H3. The number of hydrogen-bond donors (Lipinski definition) is 2. The first-order valence-corrected chi connectivity index (χ1v) is 15.4. The zero-order chi connectivity index (χ0) is 24.3. The van der Waals surface area contributed by atoms with Crippen molar-refractivity contribution in [1.82, 2.24) is 5.32 Å². The predicted octanol–water partition coefficient (Wildman–Crippen LogP) is 4.26. The van der Waals surface area contributed by atoms with Gasteiger partial charge in [-0.15, -0.1) is 0 Å². The minimum Gasteiger partial charge on any atom is -0.310 e. The van der Waals surface area contributed by atoms with Crippen molar-refractivity contribution in [2.24, 2.45) is 5.92 Å². The Morgan fingerprint density at radius 1 is 1.03 bits per heavy atom. The first kappa shape index (κ1) is 25.0. The molecule has 1 saturated carbocycles. The van der Waals surface area contributed by atoms with Crippen LogP contribution in [-0.4, -0.2) is 35.7 Å². The van der Waals surface area contributed by atoms with Crippen molar-refractivity contribution in [3.63, 3.8) is 0 Å². The molecule has 1 atom stereocenters. The van der Waals surface area contributed by atoms with Gasteiger partial charge in [-0.2, -0.15) is 0 Å². The number of rotatable bonds is 9. The molecule has 1 heterocycles. The smallest absolute Gasteiger partial charge is 0.261 e. The third-order valence-corrected chi connectivity index (χ3v) is 9.47. The fraction of sp³-hybridized carbons (Fsp3) is 0.520. The summed E-state index contributed by atoms with van der Waals surface area (Å²) in [6.07, 6.45) is 9.43. The van der Waals surface area contributed by atoms with Crippen molar-refractivity contribution in [3.8, 4) is 0 Å². The highest BCUT2D eigenvalue weighted by molar-refractivity contribution is 7.92. The summed E-state index contributed by atoms with van der Waals surface area (Å²) in [7, 11) is -7.20. The van der Waals surface area contributed by atoms with E-state index in [0.29, 0.717) is 36.9 Å². The van der Waals surface area contributed by atoms with Crippen molar-refractivity contribution in [2.45, 2.75) is 69.4 Å². The Hall–Kier alpha value is -2.10. The molecule has 1 fully saturated rings. The Morgan fingerprint density at radius 3 is 2.50 bits per heavy atom. The summed E-state index contributed by atoms with van der Waals surface area (Å²) in [6.45, 7) is 3.12. The van der Waals surface area contributed by atoms with E-state index in [9.17, 15) is 16.8 Å². The first-order chi connectivity index (χ1) is 16.1. The monoisotopic (exact) mass is 505 g/mol. The normalized spacial score (nSPS) is 18.0. The van der Waals surface area contributed by atoms with Gasteiger partial charge in [0.1, 0.15) is 0 Å². The van der Waals surface area contributed by atoms with Crippen LogP contribution in [0.25, 0.3) is 0 Å². The van der Waals surface area contributed by atoms with Crippen LogP contribution in [0.1, 0.15) is 56.6 Å². The lowest BCUT2D eigenvalue weighted by Gasteiger charge is -2.25. The highest BCUT2D eigenvalue weighted by atomic mass is 32.2. The molecule has 9 heteroatoms. The molecule has 4 rings (SSSR count). The van der Waals surface area contributed by atoms with Gasteiger partial charge in [-0.3, -0.25) is 9.03 Å². The third-order valence-electron chi connectivity index (χ3n) is 6.93. The number of anilines is 2. The molecule has 0 radical (unpaired) electrons. The maximum atomic E-state index is 13.2. The molecule has 1 aliphatic heterocycles. The van der Waals surface area contributed by atoms with Crippen molar-refractivity contribution >= 4 is 31.4 Å². The summed E-state index contributed by atoms with van der Waals surface area (Å²) in [6, 6.07) is 12.4. The minimum atomic E-state index is -3.82. The average molecular weight is 506 g/mol. The van der Waals surface area contributed by atoms with E-state index in [1.165, 1.54) is 42.5 Å². The molecule has 186 valence electrons. The lowest BCUT2D eigenvalue weighted by atomic mass is 9.85. The molecule has 0 spiro atoms. The second-order valence-corrected chi connectivity index (χ2v) is 13.2. The van der Waals surface area contributed by atoms with Crippen molar-refractivity contribution in [2.75, 3.05) is 21.8 Å². The van der Waals surface area contributed by atoms with Gasteiger partial charge in [-0.05, 0) is 61.1 Å². The van der Waals surface area contributed by atoms with Gasteiger partial charge in [0.25, 0.3) is 10.0 Å². The topological polar surface area (TPSA) is 95.6 Å². The van der Waals surface area contributed by atoms with Crippen LogP contribution in [-0.2, 0) is 33.0 Å². The van der Waals surface area contributed by atoms with E-state index >= 15 is 0 Å². The molecule has 2 aliphatic rings. The van der Waals surface area contributed by atoms with E-state index in [-0.39, 0.29) is 4.90 Å². The lowest BCUT2D eigenvalue weighted by Crippen LogP contribution is -2.29. The largest absolute Gasteiger partial charge is 0.310 e. The van der Waals surface area contributed by atoms with Gasteiger partial charge in [0.15, 0.2) is 0 Å². The maximum Gasteiger partial charge on any atom is 0.261 e. The SMILES string of the molecule is CC(CC1CCCCC1)NCc1ccccc1NS(=O)(=O)c1ccc2c(c1)CCN2S(C)(=O)=O. The summed E-state index contributed by atoms with van der Waals surface area (Å²) in [5.41, 5.74) is 2.72. The number of para-hydroxylation sites is 1. The van der Waals surface area contributed by atoms with Crippen LogP contribution in [0.5, 0.6) is 0 Å². The van der Waals surface area contributed by atoms with Crippen LogP contribution in [0.15, 0.2) is 47.4 Å². The Labute approximate surface area is 204 Å². The van der Waals surface area contributed by atoms with E-state index in [4.69, 9.17) is 0 Å². The van der Waals surface area contributed by atoms with Gasteiger partial charge in [-0.25, -0.2) is 16.8 Å². The van der Waals surface area contributed by atoms with E-state index in [1.54, 1.807) is 18.2 Å². The Kier molecular flexibility index (Phi) is 7.54. The Bertz CT molecular complexity index is 1220. The zero-order valence-electron chi connectivity index (χ0n) is 20.0. The van der Waals surface area contributed by atoms with Crippen molar-refractivity contribution < 1.29 is 16.8 Å². The maximum absolute atomic E-state index is 13.2. The second kappa shape index (κ2) is 10.3. The number of benzene rings is 2. The van der Waals surface area contributed by atoms with E-state index in [0.717, 1.165) is 29.7 Å². The molecule has 0 bridgehead atoms. The van der Waals surface area contributed by atoms with Gasteiger partial charge >= 0.3 is 0 Å². The lowest BCUT2D eigenvalue weighted by molar-refractivity contribution is 0.305. The molecule has 2 aromatic carbocycles. The fourth-order valence-corrected chi connectivity index (χ4v) is 7.24. The number of fused-ring (bicyclic) bond motifs is 1. The summed E-state index contributed by atoms with van der Waals surface area (Å²) >= 11 is 0. The highest BCUT2D eigenvalue weighted by Gasteiger charge is 2.28. The van der Waals surface area contributed by atoms with Crippen LogP contribution in [0.2, 0.25) is 0 Å². The van der Waals surface area contributed by atoms with E-state index in [1.807, 2.05) is 18.2 Å². The minimum absolute atomic E-state index is 0.134. The molecule has 0 aromatic heterocycles. The van der Waals surface area contributed by atoms with Gasteiger partial charge in [-0.1, -0.05) is 50.3 Å². The molecule has 1 aliphatic carbocycles. The molecule has 0 saturated heterocycles. The summed E-state index contributed by atoms with van der Waals surface area (Å²) < 4.78 is 54.3. The number of nitrogens with one attached hydrogen (secondary N) is 2. The van der Waals surface area contributed by atoms with Crippen LogP contribution in [0.4, 0.5) is 11.4 Å². The number of hydrogen-bond acceptors (Lipinski definition) is 5. The van der Waals surface area contributed by atoms with Crippen LogP contribution < -0.4 is 14.3 Å². The third kappa shape index (κ3) is 5.93. The van der Waals surface area contributed by atoms with Gasteiger partial charge in [0.05, 0.1) is 22.5 Å². The molecule has 2 N–H and O–H groups in total. The van der Waals surface area contributed by atoms with Crippen LogP contribution in [0, 0.1) is 5.92 Å². The van der Waals surface area contributed by atoms with E-state index < -0.39 is 20.0 Å². The average Bonchev–Trinajstić information content (AvgIpc) is 3.23. The highest BCUT2D eigenvalue weighted by Crippen LogP contribution is 2.32. The molecular formula is C25H35N3O4S2. The molecule has 0 amide bonds. The molecular weight excluding hydrogens is 470 g/mol. The number of sulfonamides is 2. The van der Waals surface area contributed by atoms with Crippen molar-refractivity contribution in [3.05, 3.63) is 53.6 Å². The van der Waals surface area contributed by atoms with Crippen molar-refractivity contribution in [1.29, 1.82) is 0 Å². The van der Waals surface area contributed by atoms with Gasteiger partial charge < -0.3 is 5.32 Å². The zero-order valence-corrected chi connectivity index (χ0v) is 21.6. The van der Waals surface area contributed by atoms with E-state index in [2.05, 4.69) is 17.0 Å². The molecule has 34 heavy (non-hydrogen) atoms. The van der Waals surface area contributed by atoms with Crippen LogP contribution in [0.3, 0.4) is 0 Å². The molecule has 7 nitrogen and oxygen atoms in total. The molecule has 1 unspecified atom stereocenters. The number of nitrogens with zero attached hydrogens (tertiary/aromatic N) is 1. The Balaban J connectivity index is 1.44. The predicted molar refractivity (Wildman–Crippen MR) is 137 cm³/mol. The Morgan fingerprint density at radius 2 is 1.76 bits per heavy atom. The summed E-state index contributed by atoms with van der Waals surface area (Å²) in [5, 5.41) is 3.57. The van der Waals surface area contributed by atoms with Gasteiger partial charge in [0.2, 0.25) is 10.0 Å².